The Kier molecular flexibility index (Phi) is 4.74. The van der Waals surface area contributed by atoms with E-state index in [0.717, 1.165) is 5.56 Å². The summed E-state index contributed by atoms with van der Waals surface area (Å²) in [5.74, 6) is -0.567. The maximum Gasteiger partial charge on any atom is 0.257 e. The zero-order valence-corrected chi connectivity index (χ0v) is 11.3. The van der Waals surface area contributed by atoms with Crippen LogP contribution in [0.2, 0.25) is 0 Å². The quantitative estimate of drug-likeness (QED) is 0.329. The normalized spacial score (nSPS) is 13.1. The first-order valence-electron chi connectivity index (χ1n) is 5.89. The minimum absolute atomic E-state index is 0.0479. The van der Waals surface area contributed by atoms with E-state index in [0.29, 0.717) is 6.54 Å². The van der Waals surface area contributed by atoms with Crippen molar-refractivity contribution in [3.63, 3.8) is 0 Å². The second kappa shape index (κ2) is 6.08. The molecule has 1 unspecified atom stereocenters. The number of benzene rings is 1. The molecule has 0 bridgehead atoms. The van der Waals surface area contributed by atoms with Gasteiger partial charge in [0.25, 0.3) is 5.91 Å². The van der Waals surface area contributed by atoms with Crippen molar-refractivity contribution in [2.45, 2.75) is 13.8 Å². The summed E-state index contributed by atoms with van der Waals surface area (Å²) in [5.41, 5.74) is 6.58. The lowest BCUT2D eigenvalue weighted by Gasteiger charge is -2.21. The average molecular weight is 265 g/mol. The summed E-state index contributed by atoms with van der Waals surface area (Å²) in [5, 5.41) is 21.2. The number of amides is 1. The molecule has 0 radical (unpaired) electrons. The smallest absolute Gasteiger partial charge is 0.257 e. The second-order valence-electron chi connectivity index (χ2n) is 4.63. The Balaban J connectivity index is 2.82. The first kappa shape index (κ1) is 14.8. The third-order valence-electron chi connectivity index (χ3n) is 2.90. The van der Waals surface area contributed by atoms with Gasteiger partial charge in [0.1, 0.15) is 11.6 Å². The van der Waals surface area contributed by atoms with E-state index in [1.165, 1.54) is 11.0 Å². The molecule has 1 aromatic rings. The van der Waals surface area contributed by atoms with Gasteiger partial charge in [0.15, 0.2) is 0 Å². The van der Waals surface area contributed by atoms with Gasteiger partial charge in [0.2, 0.25) is 0 Å². The summed E-state index contributed by atoms with van der Waals surface area (Å²) in [6.45, 7) is 3.87. The number of nitrogens with zero attached hydrogens (tertiary/aromatic N) is 2. The van der Waals surface area contributed by atoms with Crippen LogP contribution in [-0.4, -0.2) is 40.5 Å². The highest BCUT2D eigenvalue weighted by atomic mass is 16.4. The Morgan fingerprint density at radius 1 is 1.53 bits per heavy atom. The van der Waals surface area contributed by atoms with Crippen molar-refractivity contribution in [2.75, 3.05) is 13.6 Å². The zero-order chi connectivity index (χ0) is 14.6. The van der Waals surface area contributed by atoms with Gasteiger partial charge < -0.3 is 20.9 Å². The zero-order valence-electron chi connectivity index (χ0n) is 11.3. The molecule has 1 atom stereocenters. The Labute approximate surface area is 112 Å². The molecular formula is C13H19N3O3. The number of nitrogens with two attached hydrogens (primary N) is 1. The molecule has 0 aromatic heterocycles. The molecule has 6 nitrogen and oxygen atoms in total. The van der Waals surface area contributed by atoms with Crippen LogP contribution in [0.25, 0.3) is 0 Å². The molecule has 0 aliphatic carbocycles. The number of hydrogen-bond donors (Lipinski definition) is 3. The number of phenolic OH excluding ortho intramolecular Hbond substituents is 1. The van der Waals surface area contributed by atoms with Gasteiger partial charge >= 0.3 is 0 Å². The van der Waals surface area contributed by atoms with E-state index in [9.17, 15) is 9.90 Å². The standard InChI is InChI=1S/C13H19N3O3/c1-8-4-5-10(11(17)6-8)13(18)16(3)7-9(2)12(14)15-19/h4-6,9,17,19H,7H2,1-3H3,(H2,14,15). The number of rotatable bonds is 4. The Bertz CT molecular complexity index is 500. The maximum atomic E-state index is 12.1. The number of carbonyl (C=O) groups excluding carboxylic acids is 1. The van der Waals surface area contributed by atoms with Crippen molar-refractivity contribution in [1.82, 2.24) is 4.90 Å². The molecule has 1 rings (SSSR count). The number of aromatic hydroxyl groups is 1. The molecule has 1 amide bonds. The highest BCUT2D eigenvalue weighted by Gasteiger charge is 2.19. The largest absolute Gasteiger partial charge is 0.507 e. The van der Waals surface area contributed by atoms with Crippen LogP contribution in [0, 0.1) is 12.8 Å². The molecule has 0 spiro atoms. The fourth-order valence-electron chi connectivity index (χ4n) is 1.71. The highest BCUT2D eigenvalue weighted by Crippen LogP contribution is 2.20. The van der Waals surface area contributed by atoms with E-state index in [-0.39, 0.29) is 29.0 Å². The first-order valence-corrected chi connectivity index (χ1v) is 5.89. The average Bonchev–Trinajstić information content (AvgIpc) is 2.36. The van der Waals surface area contributed by atoms with Gasteiger partial charge in [-0.05, 0) is 24.6 Å². The van der Waals surface area contributed by atoms with E-state index in [4.69, 9.17) is 10.9 Å². The van der Waals surface area contributed by atoms with Crippen molar-refractivity contribution in [1.29, 1.82) is 0 Å². The predicted molar refractivity (Wildman–Crippen MR) is 72.4 cm³/mol. The first-order chi connectivity index (χ1) is 8.86. The van der Waals surface area contributed by atoms with Crippen molar-refractivity contribution in [2.24, 2.45) is 16.8 Å². The van der Waals surface area contributed by atoms with Gasteiger partial charge in [-0.2, -0.15) is 0 Å². The lowest BCUT2D eigenvalue weighted by molar-refractivity contribution is 0.0783. The monoisotopic (exact) mass is 265 g/mol. The van der Waals surface area contributed by atoms with Crippen LogP contribution < -0.4 is 5.73 Å². The van der Waals surface area contributed by atoms with Gasteiger partial charge in [0.05, 0.1) is 5.56 Å². The van der Waals surface area contributed by atoms with Crippen molar-refractivity contribution in [3.05, 3.63) is 29.3 Å². The summed E-state index contributed by atoms with van der Waals surface area (Å²) >= 11 is 0. The predicted octanol–water partition coefficient (Wildman–Crippen LogP) is 1.16. The number of oxime groups is 1. The topological polar surface area (TPSA) is 99.2 Å². The Morgan fingerprint density at radius 2 is 2.16 bits per heavy atom. The minimum Gasteiger partial charge on any atom is -0.507 e. The highest BCUT2D eigenvalue weighted by molar-refractivity contribution is 5.97. The fourth-order valence-corrected chi connectivity index (χ4v) is 1.71. The molecule has 0 saturated heterocycles. The third kappa shape index (κ3) is 3.61. The summed E-state index contributed by atoms with van der Waals surface area (Å²) < 4.78 is 0. The Morgan fingerprint density at radius 3 is 2.68 bits per heavy atom. The molecule has 104 valence electrons. The van der Waals surface area contributed by atoms with Crippen LogP contribution in [0.1, 0.15) is 22.8 Å². The molecule has 0 saturated carbocycles. The van der Waals surface area contributed by atoms with Crippen LogP contribution >= 0.6 is 0 Å². The van der Waals surface area contributed by atoms with E-state index >= 15 is 0 Å². The minimum atomic E-state index is -0.310. The lowest BCUT2D eigenvalue weighted by atomic mass is 10.1. The van der Waals surface area contributed by atoms with Crippen molar-refractivity contribution >= 4 is 11.7 Å². The molecule has 0 heterocycles. The number of carbonyl (C=O) groups is 1. The van der Waals surface area contributed by atoms with Crippen LogP contribution in [0.15, 0.2) is 23.4 Å². The maximum absolute atomic E-state index is 12.1. The molecule has 19 heavy (non-hydrogen) atoms. The van der Waals surface area contributed by atoms with Gasteiger partial charge in [-0.15, -0.1) is 0 Å². The van der Waals surface area contributed by atoms with E-state index in [1.54, 1.807) is 26.1 Å². The number of aryl methyl sites for hydroxylation is 1. The number of hydrogen-bond acceptors (Lipinski definition) is 4. The van der Waals surface area contributed by atoms with E-state index in [2.05, 4.69) is 5.16 Å². The number of amidine groups is 1. The van der Waals surface area contributed by atoms with E-state index in [1.807, 2.05) is 6.92 Å². The van der Waals surface area contributed by atoms with Gasteiger partial charge in [0, 0.05) is 19.5 Å². The molecule has 0 aliphatic rings. The number of phenols is 1. The molecule has 1 aromatic carbocycles. The van der Waals surface area contributed by atoms with E-state index < -0.39 is 0 Å². The molecule has 0 aliphatic heterocycles. The van der Waals surface area contributed by atoms with Crippen LogP contribution in [0.5, 0.6) is 5.75 Å². The Hall–Kier alpha value is -2.24. The molecular weight excluding hydrogens is 246 g/mol. The summed E-state index contributed by atoms with van der Waals surface area (Å²) in [7, 11) is 1.60. The molecule has 4 N–H and O–H groups in total. The molecule has 6 heteroatoms. The van der Waals surface area contributed by atoms with Crippen LogP contribution in [0.3, 0.4) is 0 Å². The van der Waals surface area contributed by atoms with Crippen LogP contribution in [-0.2, 0) is 0 Å². The van der Waals surface area contributed by atoms with Crippen LogP contribution in [0.4, 0.5) is 0 Å². The van der Waals surface area contributed by atoms with Gasteiger partial charge in [-0.25, -0.2) is 0 Å². The van der Waals surface area contributed by atoms with Crippen molar-refractivity contribution in [3.8, 4) is 5.75 Å². The molecule has 0 fully saturated rings. The van der Waals surface area contributed by atoms with Gasteiger partial charge in [-0.1, -0.05) is 18.1 Å². The fraction of sp³-hybridized carbons (Fsp3) is 0.385. The third-order valence-corrected chi connectivity index (χ3v) is 2.90. The van der Waals surface area contributed by atoms with Gasteiger partial charge in [-0.3, -0.25) is 4.79 Å². The summed E-state index contributed by atoms with van der Waals surface area (Å²) in [6.07, 6.45) is 0. The van der Waals surface area contributed by atoms with Crippen molar-refractivity contribution < 1.29 is 15.1 Å². The second-order valence-corrected chi connectivity index (χ2v) is 4.63. The summed E-state index contributed by atoms with van der Waals surface area (Å²) in [4.78, 5) is 13.6. The SMILES string of the molecule is Cc1ccc(C(=O)N(C)CC(C)/C(N)=N/O)c(O)c1. The summed E-state index contributed by atoms with van der Waals surface area (Å²) in [6, 6.07) is 4.87. The lowest BCUT2D eigenvalue weighted by Crippen LogP contribution is -2.36.